The third kappa shape index (κ3) is 7.75. The fourth-order valence-electron chi connectivity index (χ4n) is 0.807. The third-order valence-corrected chi connectivity index (χ3v) is 2.89. The van der Waals surface area contributed by atoms with E-state index >= 15 is 0 Å². The van der Waals surface area contributed by atoms with Crippen LogP contribution in [0.25, 0.3) is 0 Å². The molecule has 0 atom stereocenters. The van der Waals surface area contributed by atoms with Gasteiger partial charge in [-0.15, -0.1) is 46.4 Å². The van der Waals surface area contributed by atoms with E-state index in [1.165, 1.54) is 11.1 Å². The van der Waals surface area contributed by atoms with Crippen LogP contribution < -0.4 is 0 Å². The minimum absolute atomic E-state index is 0.673. The van der Waals surface area contributed by atoms with E-state index in [1.807, 2.05) is 0 Å². The van der Waals surface area contributed by atoms with Crippen LogP contribution in [-0.4, -0.2) is 9.67 Å². The Morgan fingerprint density at radius 1 is 0.857 bits per heavy atom. The lowest BCUT2D eigenvalue weighted by molar-refractivity contribution is 1.29. The monoisotopic (exact) mass is 272 g/mol. The Hall–Kier alpha value is 0.380. The van der Waals surface area contributed by atoms with Gasteiger partial charge in [0.2, 0.25) is 0 Å². The molecule has 0 aromatic heterocycles. The lowest BCUT2D eigenvalue weighted by Gasteiger charge is -1.95. The van der Waals surface area contributed by atoms with Gasteiger partial charge in [0.1, 0.15) is 9.67 Å². The van der Waals surface area contributed by atoms with E-state index in [0.717, 1.165) is 0 Å². The van der Waals surface area contributed by atoms with E-state index in [0.29, 0.717) is 0 Å². The van der Waals surface area contributed by atoms with E-state index in [4.69, 9.17) is 46.4 Å². The lowest BCUT2D eigenvalue weighted by Crippen LogP contribution is -1.96. The summed E-state index contributed by atoms with van der Waals surface area (Å²) < 4.78 is 0. The highest BCUT2D eigenvalue weighted by molar-refractivity contribution is 6.56. The highest BCUT2D eigenvalue weighted by Gasteiger charge is 2.06. The second kappa shape index (κ2) is 7.64. The third-order valence-electron chi connectivity index (χ3n) is 1.36. The fraction of sp³-hybridized carbons (Fsp3) is 0.400. The molecule has 0 bridgehead atoms. The highest BCUT2D eigenvalue weighted by Crippen LogP contribution is 2.16. The first-order valence-corrected chi connectivity index (χ1v) is 5.77. The molecule has 0 radical (unpaired) electrons. The number of rotatable bonds is 1. The molecule has 0 heterocycles. The summed E-state index contributed by atoms with van der Waals surface area (Å²) in [5, 5.41) is 0. The Bertz CT molecular complexity index is 235. The largest absolute Gasteiger partial charge is 0.137 e. The van der Waals surface area contributed by atoms with Crippen molar-refractivity contribution in [1.82, 2.24) is 0 Å². The molecule has 1 aromatic carbocycles. The summed E-state index contributed by atoms with van der Waals surface area (Å²) in [6.45, 7) is 4.21. The maximum absolute atomic E-state index is 5.11. The number of hydrogen-bond acceptors (Lipinski definition) is 0. The lowest BCUT2D eigenvalue weighted by atomic mass is 10.2. The highest BCUT2D eigenvalue weighted by atomic mass is 35.5. The molecule has 0 aliphatic carbocycles. The van der Waals surface area contributed by atoms with Crippen LogP contribution in [0.5, 0.6) is 0 Å². The first-order chi connectivity index (χ1) is 6.43. The van der Waals surface area contributed by atoms with Gasteiger partial charge in [0, 0.05) is 0 Å². The molecule has 0 fully saturated rings. The van der Waals surface area contributed by atoms with E-state index in [1.54, 1.807) is 0 Å². The molecule has 0 spiro atoms. The van der Waals surface area contributed by atoms with Crippen LogP contribution in [0.3, 0.4) is 0 Å². The van der Waals surface area contributed by atoms with Crippen LogP contribution in [0.2, 0.25) is 0 Å². The maximum Gasteiger partial charge on any atom is 0.137 e. The molecule has 4 heteroatoms. The quantitative estimate of drug-likeness (QED) is 0.639. The van der Waals surface area contributed by atoms with E-state index in [9.17, 15) is 0 Å². The molecule has 0 nitrogen and oxygen atoms in total. The number of aryl methyl sites for hydroxylation is 2. The van der Waals surface area contributed by atoms with Crippen molar-refractivity contribution in [3.8, 4) is 0 Å². The molecule has 1 rings (SSSR count). The van der Waals surface area contributed by atoms with Crippen molar-refractivity contribution in [3.63, 3.8) is 0 Å². The summed E-state index contributed by atoms with van der Waals surface area (Å²) >= 11 is 20.5. The normalized spacial score (nSPS) is 10.0. The Morgan fingerprint density at radius 2 is 1.21 bits per heavy atom. The average molecular weight is 274 g/mol. The second-order valence-corrected chi connectivity index (χ2v) is 5.15. The minimum Gasteiger partial charge on any atom is -0.102 e. The maximum atomic E-state index is 5.11. The summed E-state index contributed by atoms with van der Waals surface area (Å²) in [4.78, 5) is -1.35. The Balaban J connectivity index is 0.000000255. The van der Waals surface area contributed by atoms with Gasteiger partial charge in [-0.25, -0.2) is 0 Å². The summed E-state index contributed by atoms with van der Waals surface area (Å²) in [5.41, 5.74) is 2.68. The zero-order valence-corrected chi connectivity index (χ0v) is 11.0. The molecule has 0 amide bonds. The number of alkyl halides is 4. The molecule has 0 saturated carbocycles. The van der Waals surface area contributed by atoms with Crippen LogP contribution in [0, 0.1) is 13.8 Å². The summed E-state index contributed by atoms with van der Waals surface area (Å²) in [5.74, 6) is 0. The Morgan fingerprint density at radius 3 is 1.36 bits per heavy atom. The molecule has 14 heavy (non-hydrogen) atoms. The first-order valence-electron chi connectivity index (χ1n) is 4.03. The Kier molecular flexibility index (Phi) is 7.85. The molecule has 0 saturated heterocycles. The molecule has 0 aliphatic rings. The van der Waals surface area contributed by atoms with Crippen molar-refractivity contribution in [3.05, 3.63) is 35.4 Å². The molecule has 1 aromatic rings. The molecule has 0 aliphatic heterocycles. The molecule has 80 valence electrons. The van der Waals surface area contributed by atoms with Crippen LogP contribution in [0.4, 0.5) is 0 Å². The molecular formula is C10H12Cl4. The van der Waals surface area contributed by atoms with E-state index in [2.05, 4.69) is 38.1 Å². The molecule has 0 N–H and O–H groups in total. The van der Waals surface area contributed by atoms with Crippen molar-refractivity contribution < 1.29 is 0 Å². The average Bonchev–Trinajstić information content (AvgIpc) is 2.04. The topological polar surface area (TPSA) is 0 Å². The molecule has 0 unspecified atom stereocenters. The van der Waals surface area contributed by atoms with Gasteiger partial charge >= 0.3 is 0 Å². The van der Waals surface area contributed by atoms with Crippen molar-refractivity contribution >= 4 is 46.4 Å². The van der Waals surface area contributed by atoms with Gasteiger partial charge in [-0.2, -0.15) is 0 Å². The predicted molar refractivity (Wildman–Crippen MR) is 66.9 cm³/mol. The first kappa shape index (κ1) is 14.4. The summed E-state index contributed by atoms with van der Waals surface area (Å²) in [6, 6.07) is 8.45. The van der Waals surface area contributed by atoms with Gasteiger partial charge < -0.3 is 0 Å². The zero-order chi connectivity index (χ0) is 11.1. The number of benzene rings is 1. The minimum atomic E-state index is -0.673. The van der Waals surface area contributed by atoms with Gasteiger partial charge in [0.15, 0.2) is 0 Å². The van der Waals surface area contributed by atoms with Gasteiger partial charge in [0.05, 0.1) is 0 Å². The van der Waals surface area contributed by atoms with Crippen LogP contribution in [0.15, 0.2) is 24.3 Å². The van der Waals surface area contributed by atoms with Gasteiger partial charge in [-0.1, -0.05) is 35.4 Å². The predicted octanol–water partition coefficient (Wildman–Crippen LogP) is 4.90. The summed E-state index contributed by atoms with van der Waals surface area (Å²) in [7, 11) is 0. The molecular weight excluding hydrogens is 262 g/mol. The standard InChI is InChI=1S/C8H10.C2H2Cl4/c1-7-4-3-5-8(2)6-7;3-1(4)2(5)6/h3-6H,1-2H3;1-2H. The van der Waals surface area contributed by atoms with Crippen molar-refractivity contribution in [2.75, 3.05) is 0 Å². The van der Waals surface area contributed by atoms with Crippen LogP contribution in [0.1, 0.15) is 11.1 Å². The smallest absolute Gasteiger partial charge is 0.102 e. The van der Waals surface area contributed by atoms with Crippen molar-refractivity contribution in [2.24, 2.45) is 0 Å². The summed E-state index contributed by atoms with van der Waals surface area (Å²) in [6.07, 6.45) is 0. The van der Waals surface area contributed by atoms with Crippen LogP contribution >= 0.6 is 46.4 Å². The van der Waals surface area contributed by atoms with E-state index < -0.39 is 9.67 Å². The van der Waals surface area contributed by atoms with Crippen LogP contribution in [-0.2, 0) is 0 Å². The van der Waals surface area contributed by atoms with Crippen molar-refractivity contribution in [1.29, 1.82) is 0 Å². The Labute approximate surface area is 105 Å². The van der Waals surface area contributed by atoms with Gasteiger partial charge in [-0.05, 0) is 13.8 Å². The SMILES string of the molecule is Cc1cccc(C)c1.ClC(Cl)C(Cl)Cl. The zero-order valence-electron chi connectivity index (χ0n) is 7.98. The van der Waals surface area contributed by atoms with E-state index in [-0.39, 0.29) is 0 Å². The van der Waals surface area contributed by atoms with Gasteiger partial charge in [0.25, 0.3) is 0 Å². The number of hydrogen-bond donors (Lipinski definition) is 0. The second-order valence-electron chi connectivity index (χ2n) is 2.83. The fourth-order valence-corrected chi connectivity index (χ4v) is 0.807. The number of halogens is 4. The van der Waals surface area contributed by atoms with Crippen molar-refractivity contribution in [2.45, 2.75) is 23.5 Å². The van der Waals surface area contributed by atoms with Gasteiger partial charge in [-0.3, -0.25) is 0 Å².